The molecule has 0 fully saturated rings. The second-order valence-corrected chi connectivity index (χ2v) is 3.58. The van der Waals surface area contributed by atoms with E-state index in [0.717, 1.165) is 12.0 Å². The lowest BCUT2D eigenvalue weighted by Crippen LogP contribution is -2.12. The van der Waals surface area contributed by atoms with Gasteiger partial charge < -0.3 is 10.1 Å². The lowest BCUT2D eigenvalue weighted by Gasteiger charge is -2.18. The average molecular weight is 155 g/mol. The standard InChI is InChI=1S/C8H13NO2/c1-8(2,3)7-6(4-10)9-5-11-7/h4,9H,5H2,1-3H3. The molecule has 0 aromatic carbocycles. The van der Waals surface area contributed by atoms with Gasteiger partial charge >= 0.3 is 0 Å². The highest BCUT2D eigenvalue weighted by atomic mass is 16.5. The number of carbonyl (C=O) groups excluding carboxylic acids is 1. The van der Waals surface area contributed by atoms with Crippen LogP contribution in [-0.4, -0.2) is 13.0 Å². The lowest BCUT2D eigenvalue weighted by atomic mass is 9.93. The maximum absolute atomic E-state index is 10.5. The Labute approximate surface area is 66.4 Å². The summed E-state index contributed by atoms with van der Waals surface area (Å²) < 4.78 is 5.26. The number of rotatable bonds is 1. The first kappa shape index (κ1) is 8.11. The maximum Gasteiger partial charge on any atom is 0.169 e. The smallest absolute Gasteiger partial charge is 0.169 e. The Morgan fingerprint density at radius 3 is 2.55 bits per heavy atom. The first-order chi connectivity index (χ1) is 5.05. The van der Waals surface area contributed by atoms with Gasteiger partial charge in [0, 0.05) is 5.41 Å². The largest absolute Gasteiger partial charge is 0.475 e. The third-order valence-electron chi connectivity index (χ3n) is 1.52. The Bertz CT molecular complexity index is 201. The van der Waals surface area contributed by atoms with Gasteiger partial charge in [0.15, 0.2) is 13.0 Å². The molecule has 0 saturated heterocycles. The molecule has 1 heterocycles. The van der Waals surface area contributed by atoms with Crippen molar-refractivity contribution >= 4 is 6.29 Å². The average Bonchev–Trinajstić information content (AvgIpc) is 2.31. The van der Waals surface area contributed by atoms with Crippen molar-refractivity contribution in [1.29, 1.82) is 0 Å². The summed E-state index contributed by atoms with van der Waals surface area (Å²) in [7, 11) is 0. The van der Waals surface area contributed by atoms with E-state index in [-0.39, 0.29) is 5.41 Å². The normalized spacial score (nSPS) is 17.7. The Morgan fingerprint density at radius 1 is 1.55 bits per heavy atom. The molecule has 0 unspecified atom stereocenters. The van der Waals surface area contributed by atoms with E-state index >= 15 is 0 Å². The number of aldehydes is 1. The predicted octanol–water partition coefficient (Wildman–Crippen LogP) is 1.02. The predicted molar refractivity (Wildman–Crippen MR) is 41.6 cm³/mol. The van der Waals surface area contributed by atoms with Crippen molar-refractivity contribution in [3.8, 4) is 0 Å². The molecule has 0 bridgehead atoms. The molecular formula is C8H13NO2. The van der Waals surface area contributed by atoms with Gasteiger partial charge in [0.05, 0.1) is 0 Å². The molecule has 0 saturated carbocycles. The molecule has 0 atom stereocenters. The van der Waals surface area contributed by atoms with Crippen molar-refractivity contribution in [2.75, 3.05) is 6.73 Å². The first-order valence-electron chi connectivity index (χ1n) is 3.62. The van der Waals surface area contributed by atoms with Gasteiger partial charge in [0.2, 0.25) is 0 Å². The van der Waals surface area contributed by atoms with Gasteiger partial charge in [0.1, 0.15) is 11.5 Å². The fourth-order valence-corrected chi connectivity index (χ4v) is 1.06. The molecule has 1 aliphatic heterocycles. The minimum atomic E-state index is -0.0836. The third-order valence-corrected chi connectivity index (χ3v) is 1.52. The van der Waals surface area contributed by atoms with Crippen molar-refractivity contribution in [2.45, 2.75) is 20.8 Å². The number of nitrogens with one attached hydrogen (secondary N) is 1. The van der Waals surface area contributed by atoms with Crippen LogP contribution in [0.15, 0.2) is 11.5 Å². The molecule has 0 radical (unpaired) electrons. The molecular weight excluding hydrogens is 142 g/mol. The topological polar surface area (TPSA) is 38.3 Å². The SMILES string of the molecule is CC(C)(C)C1=C(C=O)NCO1. The number of hydrogen-bond donors (Lipinski definition) is 1. The Balaban J connectivity index is 2.92. The van der Waals surface area contributed by atoms with Crippen LogP contribution in [0.1, 0.15) is 20.8 Å². The van der Waals surface area contributed by atoms with Crippen LogP contribution in [0.4, 0.5) is 0 Å². The van der Waals surface area contributed by atoms with E-state index in [1.807, 2.05) is 20.8 Å². The summed E-state index contributed by atoms with van der Waals surface area (Å²) >= 11 is 0. The Kier molecular flexibility index (Phi) is 1.89. The summed E-state index contributed by atoms with van der Waals surface area (Å²) in [6, 6.07) is 0. The van der Waals surface area contributed by atoms with Crippen LogP contribution in [0.3, 0.4) is 0 Å². The molecule has 1 aliphatic rings. The number of hydrogen-bond acceptors (Lipinski definition) is 3. The fourth-order valence-electron chi connectivity index (χ4n) is 1.06. The molecule has 3 nitrogen and oxygen atoms in total. The van der Waals surface area contributed by atoms with Gasteiger partial charge in [-0.05, 0) is 0 Å². The quantitative estimate of drug-likeness (QED) is 0.574. The van der Waals surface area contributed by atoms with Crippen molar-refractivity contribution in [2.24, 2.45) is 5.41 Å². The number of carbonyl (C=O) groups is 1. The van der Waals surface area contributed by atoms with E-state index in [1.165, 1.54) is 0 Å². The molecule has 0 aromatic rings. The van der Waals surface area contributed by atoms with Gasteiger partial charge in [0.25, 0.3) is 0 Å². The van der Waals surface area contributed by atoms with Crippen LogP contribution in [0.5, 0.6) is 0 Å². The zero-order valence-electron chi connectivity index (χ0n) is 7.10. The first-order valence-corrected chi connectivity index (χ1v) is 3.62. The summed E-state index contributed by atoms with van der Waals surface area (Å²) in [6.07, 6.45) is 0.799. The summed E-state index contributed by atoms with van der Waals surface area (Å²) in [6.45, 7) is 6.46. The van der Waals surface area contributed by atoms with E-state index < -0.39 is 0 Å². The van der Waals surface area contributed by atoms with Gasteiger partial charge in [-0.15, -0.1) is 0 Å². The summed E-state index contributed by atoms with van der Waals surface area (Å²) in [4.78, 5) is 10.5. The van der Waals surface area contributed by atoms with E-state index in [4.69, 9.17) is 4.74 Å². The zero-order valence-corrected chi connectivity index (χ0v) is 7.10. The molecule has 0 spiro atoms. The molecule has 62 valence electrons. The molecule has 0 aromatic heterocycles. The van der Waals surface area contributed by atoms with Crippen LogP contribution < -0.4 is 5.32 Å². The lowest BCUT2D eigenvalue weighted by molar-refractivity contribution is -0.105. The van der Waals surface area contributed by atoms with Crippen molar-refractivity contribution in [1.82, 2.24) is 5.32 Å². The minimum Gasteiger partial charge on any atom is -0.475 e. The van der Waals surface area contributed by atoms with Crippen molar-refractivity contribution in [3.63, 3.8) is 0 Å². The van der Waals surface area contributed by atoms with E-state index in [1.54, 1.807) is 0 Å². The molecule has 0 amide bonds. The fraction of sp³-hybridized carbons (Fsp3) is 0.625. The number of allylic oxidation sites excluding steroid dienone is 2. The Morgan fingerprint density at radius 2 is 2.18 bits per heavy atom. The van der Waals surface area contributed by atoms with Gasteiger partial charge in [-0.2, -0.15) is 0 Å². The van der Waals surface area contributed by atoms with Crippen LogP contribution in [-0.2, 0) is 9.53 Å². The molecule has 3 heteroatoms. The Hall–Kier alpha value is -0.990. The second-order valence-electron chi connectivity index (χ2n) is 3.58. The van der Waals surface area contributed by atoms with E-state index in [0.29, 0.717) is 12.4 Å². The zero-order chi connectivity index (χ0) is 8.48. The van der Waals surface area contributed by atoms with Crippen molar-refractivity contribution < 1.29 is 9.53 Å². The van der Waals surface area contributed by atoms with Gasteiger partial charge in [-0.3, -0.25) is 4.79 Å². The van der Waals surface area contributed by atoms with Crippen LogP contribution in [0, 0.1) is 5.41 Å². The van der Waals surface area contributed by atoms with Crippen LogP contribution in [0.2, 0.25) is 0 Å². The van der Waals surface area contributed by atoms with Crippen LogP contribution in [0.25, 0.3) is 0 Å². The summed E-state index contributed by atoms with van der Waals surface area (Å²) in [5, 5.41) is 2.85. The van der Waals surface area contributed by atoms with E-state index in [9.17, 15) is 4.79 Å². The third kappa shape index (κ3) is 1.53. The summed E-state index contributed by atoms with van der Waals surface area (Å²) in [5.74, 6) is 0.757. The minimum absolute atomic E-state index is 0.0836. The molecule has 1 rings (SSSR count). The highest BCUT2D eigenvalue weighted by Crippen LogP contribution is 2.29. The van der Waals surface area contributed by atoms with Gasteiger partial charge in [-0.25, -0.2) is 0 Å². The number of ether oxygens (including phenoxy) is 1. The maximum atomic E-state index is 10.5. The van der Waals surface area contributed by atoms with Gasteiger partial charge in [-0.1, -0.05) is 20.8 Å². The molecule has 1 N–H and O–H groups in total. The second kappa shape index (κ2) is 2.57. The van der Waals surface area contributed by atoms with Crippen molar-refractivity contribution in [3.05, 3.63) is 11.5 Å². The highest BCUT2D eigenvalue weighted by Gasteiger charge is 2.26. The van der Waals surface area contributed by atoms with Crippen LogP contribution >= 0.6 is 0 Å². The molecule has 0 aliphatic carbocycles. The summed E-state index contributed by atoms with van der Waals surface area (Å²) in [5.41, 5.74) is 0.497. The highest BCUT2D eigenvalue weighted by molar-refractivity contribution is 5.74. The molecule has 11 heavy (non-hydrogen) atoms. The van der Waals surface area contributed by atoms with E-state index in [2.05, 4.69) is 5.32 Å². The monoisotopic (exact) mass is 155 g/mol.